The van der Waals surface area contributed by atoms with E-state index in [-0.39, 0.29) is 11.8 Å². The van der Waals surface area contributed by atoms with Crippen LogP contribution in [0.4, 0.5) is 0 Å². The maximum absolute atomic E-state index is 12.0. The predicted molar refractivity (Wildman–Crippen MR) is 89.6 cm³/mol. The fourth-order valence-corrected chi connectivity index (χ4v) is 2.67. The number of carbonyl (C=O) groups is 2. The van der Waals surface area contributed by atoms with Gasteiger partial charge in [0.2, 0.25) is 11.8 Å². The van der Waals surface area contributed by atoms with Crippen molar-refractivity contribution in [1.82, 2.24) is 15.1 Å². The lowest BCUT2D eigenvalue weighted by Gasteiger charge is -2.35. The van der Waals surface area contributed by atoms with Crippen LogP contribution in [0.3, 0.4) is 0 Å². The van der Waals surface area contributed by atoms with Crippen LogP contribution >= 0.6 is 0 Å². The van der Waals surface area contributed by atoms with Crippen LogP contribution in [0.15, 0.2) is 0 Å². The van der Waals surface area contributed by atoms with E-state index in [1.165, 1.54) is 0 Å². The summed E-state index contributed by atoms with van der Waals surface area (Å²) in [6.07, 6.45) is 2.24. The Morgan fingerprint density at radius 3 is 2.09 bits per heavy atom. The maximum atomic E-state index is 12.0. The molecule has 1 saturated heterocycles. The highest BCUT2D eigenvalue weighted by Gasteiger charge is 2.21. The van der Waals surface area contributed by atoms with E-state index in [4.69, 9.17) is 0 Å². The Kier molecular flexibility index (Phi) is 8.46. The van der Waals surface area contributed by atoms with E-state index in [0.717, 1.165) is 45.7 Å². The molecule has 0 aromatic heterocycles. The third-order valence-corrected chi connectivity index (χ3v) is 3.87. The summed E-state index contributed by atoms with van der Waals surface area (Å²) in [6.45, 7) is 13.6. The van der Waals surface area contributed by atoms with Crippen LogP contribution in [0.25, 0.3) is 0 Å². The number of amides is 2. The van der Waals surface area contributed by atoms with Crippen LogP contribution in [0.2, 0.25) is 0 Å². The Hall–Kier alpha value is -1.10. The van der Waals surface area contributed by atoms with E-state index in [2.05, 4.69) is 37.9 Å². The standard InChI is InChI=1S/C17H33N3O2/c1-14(2)12-16(21)18-6-5-7-19-8-10-20(11-9-19)17(22)13-15(3)4/h14-15H,5-13H2,1-4H3,(H,18,21). The molecular formula is C17H33N3O2. The third kappa shape index (κ3) is 7.78. The van der Waals surface area contributed by atoms with Crippen LogP contribution < -0.4 is 5.32 Å². The van der Waals surface area contributed by atoms with E-state index >= 15 is 0 Å². The fraction of sp³-hybridized carbons (Fsp3) is 0.882. The van der Waals surface area contributed by atoms with Gasteiger partial charge >= 0.3 is 0 Å². The molecule has 0 radical (unpaired) electrons. The van der Waals surface area contributed by atoms with Crippen molar-refractivity contribution in [2.75, 3.05) is 39.3 Å². The van der Waals surface area contributed by atoms with E-state index in [1.807, 2.05) is 4.90 Å². The van der Waals surface area contributed by atoms with Gasteiger partial charge in [0.15, 0.2) is 0 Å². The summed E-state index contributed by atoms with van der Waals surface area (Å²) in [5.74, 6) is 1.28. The number of hydrogen-bond donors (Lipinski definition) is 1. The molecule has 1 aliphatic heterocycles. The summed E-state index contributed by atoms with van der Waals surface area (Å²) < 4.78 is 0. The normalized spacial score (nSPS) is 16.4. The number of nitrogens with one attached hydrogen (secondary N) is 1. The molecule has 1 fully saturated rings. The highest BCUT2D eigenvalue weighted by Crippen LogP contribution is 2.08. The number of hydrogen-bond acceptors (Lipinski definition) is 3. The Morgan fingerprint density at radius 1 is 0.955 bits per heavy atom. The summed E-state index contributed by atoms with van der Waals surface area (Å²) >= 11 is 0. The van der Waals surface area contributed by atoms with Gasteiger partial charge in [-0.15, -0.1) is 0 Å². The molecule has 5 heteroatoms. The van der Waals surface area contributed by atoms with Gasteiger partial charge in [0.05, 0.1) is 0 Å². The second-order valence-corrected chi connectivity index (χ2v) is 7.12. The third-order valence-electron chi connectivity index (χ3n) is 3.87. The van der Waals surface area contributed by atoms with Gasteiger partial charge in [-0.1, -0.05) is 27.7 Å². The quantitative estimate of drug-likeness (QED) is 0.695. The molecule has 5 nitrogen and oxygen atoms in total. The minimum atomic E-state index is 0.152. The van der Waals surface area contributed by atoms with Crippen molar-refractivity contribution in [3.05, 3.63) is 0 Å². The lowest BCUT2D eigenvalue weighted by atomic mass is 10.1. The van der Waals surface area contributed by atoms with E-state index in [9.17, 15) is 9.59 Å². The molecular weight excluding hydrogens is 278 g/mol. The molecule has 1 aliphatic rings. The van der Waals surface area contributed by atoms with Gasteiger partial charge < -0.3 is 10.2 Å². The van der Waals surface area contributed by atoms with Crippen LogP contribution in [0, 0.1) is 11.8 Å². The summed E-state index contributed by atoms with van der Waals surface area (Å²) in [5, 5.41) is 2.97. The van der Waals surface area contributed by atoms with Gasteiger partial charge in [0, 0.05) is 45.6 Å². The van der Waals surface area contributed by atoms with Crippen LogP contribution in [-0.4, -0.2) is 60.9 Å². The van der Waals surface area contributed by atoms with Crippen molar-refractivity contribution in [2.45, 2.75) is 47.0 Å². The average Bonchev–Trinajstić information content (AvgIpc) is 2.42. The lowest BCUT2D eigenvalue weighted by molar-refractivity contribution is -0.133. The first-order valence-corrected chi connectivity index (χ1v) is 8.65. The van der Waals surface area contributed by atoms with Crippen LogP contribution in [0.1, 0.15) is 47.0 Å². The molecule has 0 spiro atoms. The lowest BCUT2D eigenvalue weighted by Crippen LogP contribution is -2.49. The summed E-state index contributed by atoms with van der Waals surface area (Å²) in [7, 11) is 0. The zero-order valence-corrected chi connectivity index (χ0v) is 14.7. The van der Waals surface area contributed by atoms with Crippen molar-refractivity contribution in [3.8, 4) is 0 Å². The highest BCUT2D eigenvalue weighted by atomic mass is 16.2. The first kappa shape index (κ1) is 18.9. The first-order valence-electron chi connectivity index (χ1n) is 8.65. The number of rotatable bonds is 8. The monoisotopic (exact) mass is 311 g/mol. The van der Waals surface area contributed by atoms with Gasteiger partial charge in [0.1, 0.15) is 0 Å². The molecule has 2 amide bonds. The second-order valence-electron chi connectivity index (χ2n) is 7.12. The smallest absolute Gasteiger partial charge is 0.222 e. The summed E-state index contributed by atoms with van der Waals surface area (Å²) in [5.41, 5.74) is 0. The molecule has 1 N–H and O–H groups in total. The SMILES string of the molecule is CC(C)CC(=O)NCCCN1CCN(C(=O)CC(C)C)CC1. The van der Waals surface area contributed by atoms with Crippen molar-refractivity contribution in [3.63, 3.8) is 0 Å². The molecule has 0 aromatic rings. The van der Waals surface area contributed by atoms with E-state index in [1.54, 1.807) is 0 Å². The topological polar surface area (TPSA) is 52.7 Å². The van der Waals surface area contributed by atoms with Gasteiger partial charge in [-0.25, -0.2) is 0 Å². The van der Waals surface area contributed by atoms with Crippen molar-refractivity contribution < 1.29 is 9.59 Å². The molecule has 1 heterocycles. The van der Waals surface area contributed by atoms with Crippen molar-refractivity contribution in [2.24, 2.45) is 11.8 Å². The Balaban J connectivity index is 2.11. The fourth-order valence-electron chi connectivity index (χ4n) is 2.67. The number of piperazine rings is 1. The highest BCUT2D eigenvalue weighted by molar-refractivity contribution is 5.76. The number of carbonyl (C=O) groups excluding carboxylic acids is 2. The molecule has 1 rings (SSSR count). The first-order chi connectivity index (χ1) is 10.4. The zero-order chi connectivity index (χ0) is 16.5. The molecule has 0 aliphatic carbocycles. The minimum Gasteiger partial charge on any atom is -0.356 e. The maximum Gasteiger partial charge on any atom is 0.222 e. The summed E-state index contributed by atoms with van der Waals surface area (Å²) in [6, 6.07) is 0. The molecule has 0 aromatic carbocycles. The van der Waals surface area contributed by atoms with Gasteiger partial charge in [0.25, 0.3) is 0 Å². The van der Waals surface area contributed by atoms with Gasteiger partial charge in [-0.3, -0.25) is 14.5 Å². The summed E-state index contributed by atoms with van der Waals surface area (Å²) in [4.78, 5) is 27.9. The van der Waals surface area contributed by atoms with Crippen LogP contribution in [-0.2, 0) is 9.59 Å². The molecule has 0 bridgehead atoms. The van der Waals surface area contributed by atoms with Gasteiger partial charge in [-0.2, -0.15) is 0 Å². The average molecular weight is 311 g/mol. The zero-order valence-electron chi connectivity index (χ0n) is 14.7. The van der Waals surface area contributed by atoms with E-state index < -0.39 is 0 Å². The molecule has 128 valence electrons. The molecule has 0 saturated carbocycles. The second kappa shape index (κ2) is 9.82. The van der Waals surface area contributed by atoms with Crippen LogP contribution in [0.5, 0.6) is 0 Å². The molecule has 0 atom stereocenters. The Morgan fingerprint density at radius 2 is 1.55 bits per heavy atom. The van der Waals surface area contributed by atoms with Crippen molar-refractivity contribution >= 4 is 11.8 Å². The van der Waals surface area contributed by atoms with Crippen molar-refractivity contribution in [1.29, 1.82) is 0 Å². The predicted octanol–water partition coefficient (Wildman–Crippen LogP) is 1.73. The Labute approximate surface area is 135 Å². The molecule has 22 heavy (non-hydrogen) atoms. The van der Waals surface area contributed by atoms with Gasteiger partial charge in [-0.05, 0) is 24.8 Å². The minimum absolute atomic E-state index is 0.152. The molecule has 0 unspecified atom stereocenters. The Bertz CT molecular complexity index is 348. The van der Waals surface area contributed by atoms with E-state index in [0.29, 0.717) is 24.7 Å². The largest absolute Gasteiger partial charge is 0.356 e. The number of nitrogens with zero attached hydrogens (tertiary/aromatic N) is 2.